The minimum Gasteiger partial charge on any atom is -0.468 e. The first-order chi connectivity index (χ1) is 8.79. The smallest absolute Gasteiger partial charge is 0.122 e. The Hall–Kier alpha value is -0.840. The molecule has 1 aromatic rings. The third-order valence-corrected chi connectivity index (χ3v) is 3.53. The molecule has 102 valence electrons. The van der Waals surface area contributed by atoms with E-state index in [1.165, 1.54) is 18.4 Å². The molecule has 4 nitrogen and oxygen atoms in total. The maximum absolute atomic E-state index is 5.49. The zero-order chi connectivity index (χ0) is 12.8. The highest BCUT2D eigenvalue weighted by Crippen LogP contribution is 2.18. The number of nitrogens with one attached hydrogen (secondary N) is 1. The summed E-state index contributed by atoms with van der Waals surface area (Å²) in [5.74, 6) is 1.83. The fourth-order valence-corrected chi connectivity index (χ4v) is 2.55. The van der Waals surface area contributed by atoms with Gasteiger partial charge in [0.15, 0.2) is 0 Å². The molecule has 4 heteroatoms. The quantitative estimate of drug-likeness (QED) is 0.838. The normalized spacial score (nSPS) is 17.5. The fourth-order valence-electron chi connectivity index (χ4n) is 2.55. The molecule has 0 aliphatic carbocycles. The summed E-state index contributed by atoms with van der Waals surface area (Å²) in [6.07, 6.45) is 4.17. The van der Waals surface area contributed by atoms with Gasteiger partial charge in [0.2, 0.25) is 0 Å². The second-order valence-electron chi connectivity index (χ2n) is 5.15. The van der Waals surface area contributed by atoms with Crippen molar-refractivity contribution >= 4 is 0 Å². The van der Waals surface area contributed by atoms with E-state index in [1.54, 1.807) is 6.26 Å². The van der Waals surface area contributed by atoms with Crippen molar-refractivity contribution in [2.24, 2.45) is 5.92 Å². The van der Waals surface area contributed by atoms with Gasteiger partial charge in [-0.25, -0.2) is 0 Å². The van der Waals surface area contributed by atoms with E-state index in [2.05, 4.69) is 23.3 Å². The van der Waals surface area contributed by atoms with E-state index in [-0.39, 0.29) is 0 Å². The number of hydrogen-bond acceptors (Lipinski definition) is 4. The van der Waals surface area contributed by atoms with Gasteiger partial charge >= 0.3 is 0 Å². The van der Waals surface area contributed by atoms with E-state index in [0.29, 0.717) is 0 Å². The molecular formula is C14H24N2O2. The Morgan fingerprint density at radius 3 is 2.89 bits per heavy atom. The van der Waals surface area contributed by atoms with Crippen molar-refractivity contribution in [3.05, 3.63) is 23.7 Å². The first-order valence-electron chi connectivity index (χ1n) is 6.75. The Labute approximate surface area is 109 Å². The van der Waals surface area contributed by atoms with Gasteiger partial charge in [-0.3, -0.25) is 0 Å². The van der Waals surface area contributed by atoms with Gasteiger partial charge in [0.25, 0.3) is 0 Å². The van der Waals surface area contributed by atoms with Gasteiger partial charge in [-0.05, 0) is 38.9 Å². The van der Waals surface area contributed by atoms with Crippen molar-refractivity contribution in [1.82, 2.24) is 10.2 Å². The van der Waals surface area contributed by atoms with Gasteiger partial charge in [0.05, 0.1) is 12.8 Å². The van der Waals surface area contributed by atoms with Crippen LogP contribution in [0.4, 0.5) is 0 Å². The number of ether oxygens (including phenoxy) is 1. The summed E-state index contributed by atoms with van der Waals surface area (Å²) in [5, 5.41) is 3.14. The first kappa shape index (κ1) is 13.6. The zero-order valence-corrected chi connectivity index (χ0v) is 11.4. The lowest BCUT2D eigenvalue weighted by molar-refractivity contribution is 0.0549. The average molecular weight is 252 g/mol. The Bertz CT molecular complexity index is 345. The molecule has 1 aliphatic heterocycles. The van der Waals surface area contributed by atoms with Crippen molar-refractivity contribution in [2.45, 2.75) is 25.9 Å². The van der Waals surface area contributed by atoms with Crippen molar-refractivity contribution in [3.8, 4) is 0 Å². The molecule has 1 fully saturated rings. The molecule has 2 rings (SSSR count). The van der Waals surface area contributed by atoms with Crippen LogP contribution in [-0.4, -0.2) is 38.8 Å². The molecule has 0 spiro atoms. The van der Waals surface area contributed by atoms with Gasteiger partial charge < -0.3 is 19.4 Å². The molecule has 0 saturated carbocycles. The maximum atomic E-state index is 5.49. The highest BCUT2D eigenvalue weighted by molar-refractivity contribution is 5.16. The standard InChI is InChI=1S/C14H24N2O2/c1-15-9-14-13(5-8-18-14)11-16(2)10-12-3-6-17-7-4-12/h5,8,12,15H,3-4,6-7,9-11H2,1-2H3. The van der Waals surface area contributed by atoms with Crippen molar-refractivity contribution in [1.29, 1.82) is 0 Å². The predicted molar refractivity (Wildman–Crippen MR) is 71.3 cm³/mol. The van der Waals surface area contributed by atoms with E-state index < -0.39 is 0 Å². The number of rotatable bonds is 6. The van der Waals surface area contributed by atoms with Crippen LogP contribution in [-0.2, 0) is 17.8 Å². The SMILES string of the molecule is CNCc1occc1CN(C)CC1CCOCC1. The molecule has 0 amide bonds. The van der Waals surface area contributed by atoms with Gasteiger partial charge in [-0.1, -0.05) is 0 Å². The fraction of sp³-hybridized carbons (Fsp3) is 0.714. The van der Waals surface area contributed by atoms with E-state index in [0.717, 1.165) is 44.5 Å². The maximum Gasteiger partial charge on any atom is 0.122 e. The van der Waals surface area contributed by atoms with Crippen LogP contribution in [0.2, 0.25) is 0 Å². The second kappa shape index (κ2) is 6.92. The third kappa shape index (κ3) is 3.83. The Balaban J connectivity index is 1.82. The van der Waals surface area contributed by atoms with Gasteiger partial charge in [-0.2, -0.15) is 0 Å². The molecule has 2 heterocycles. The zero-order valence-electron chi connectivity index (χ0n) is 11.4. The van der Waals surface area contributed by atoms with E-state index >= 15 is 0 Å². The Morgan fingerprint density at radius 1 is 1.39 bits per heavy atom. The molecule has 1 N–H and O–H groups in total. The van der Waals surface area contributed by atoms with E-state index in [4.69, 9.17) is 9.15 Å². The number of hydrogen-bond donors (Lipinski definition) is 1. The summed E-state index contributed by atoms with van der Waals surface area (Å²) < 4.78 is 10.9. The second-order valence-corrected chi connectivity index (χ2v) is 5.15. The average Bonchev–Trinajstić information content (AvgIpc) is 2.78. The van der Waals surface area contributed by atoms with Crippen molar-refractivity contribution in [2.75, 3.05) is 33.9 Å². The van der Waals surface area contributed by atoms with Crippen LogP contribution in [0.3, 0.4) is 0 Å². The van der Waals surface area contributed by atoms with Crippen LogP contribution in [0.1, 0.15) is 24.2 Å². The summed E-state index contributed by atoms with van der Waals surface area (Å²) in [4.78, 5) is 2.39. The lowest BCUT2D eigenvalue weighted by Gasteiger charge is -2.27. The van der Waals surface area contributed by atoms with Crippen LogP contribution < -0.4 is 5.32 Å². The van der Waals surface area contributed by atoms with Gasteiger partial charge in [0.1, 0.15) is 5.76 Å². The van der Waals surface area contributed by atoms with E-state index in [1.807, 2.05) is 7.05 Å². The monoisotopic (exact) mass is 252 g/mol. The molecular weight excluding hydrogens is 228 g/mol. The summed E-state index contributed by atoms with van der Waals surface area (Å²) in [6.45, 7) is 4.76. The van der Waals surface area contributed by atoms with Crippen LogP contribution in [0.25, 0.3) is 0 Å². The molecule has 0 unspecified atom stereocenters. The molecule has 18 heavy (non-hydrogen) atoms. The summed E-state index contributed by atoms with van der Waals surface area (Å²) in [6, 6.07) is 2.08. The molecule has 0 atom stereocenters. The van der Waals surface area contributed by atoms with Crippen molar-refractivity contribution in [3.63, 3.8) is 0 Å². The summed E-state index contributed by atoms with van der Waals surface area (Å²) >= 11 is 0. The van der Waals surface area contributed by atoms with Crippen LogP contribution in [0, 0.1) is 5.92 Å². The number of nitrogens with zero attached hydrogens (tertiary/aromatic N) is 1. The largest absolute Gasteiger partial charge is 0.468 e. The highest BCUT2D eigenvalue weighted by Gasteiger charge is 2.16. The molecule has 0 radical (unpaired) electrons. The van der Waals surface area contributed by atoms with Crippen LogP contribution >= 0.6 is 0 Å². The van der Waals surface area contributed by atoms with Crippen molar-refractivity contribution < 1.29 is 9.15 Å². The lowest BCUT2D eigenvalue weighted by atomic mass is 10.00. The minimum atomic E-state index is 0.781. The number of furan rings is 1. The summed E-state index contributed by atoms with van der Waals surface area (Å²) in [5.41, 5.74) is 1.29. The highest BCUT2D eigenvalue weighted by atomic mass is 16.5. The summed E-state index contributed by atoms with van der Waals surface area (Å²) in [7, 11) is 4.13. The van der Waals surface area contributed by atoms with Gasteiger partial charge in [-0.15, -0.1) is 0 Å². The molecule has 0 aromatic carbocycles. The lowest BCUT2D eigenvalue weighted by Crippen LogP contribution is -2.29. The Kier molecular flexibility index (Phi) is 5.23. The van der Waals surface area contributed by atoms with Gasteiger partial charge in [0, 0.05) is 31.9 Å². The predicted octanol–water partition coefficient (Wildman–Crippen LogP) is 1.86. The third-order valence-electron chi connectivity index (χ3n) is 3.53. The van der Waals surface area contributed by atoms with Crippen LogP contribution in [0.15, 0.2) is 16.7 Å². The molecule has 1 aromatic heterocycles. The minimum absolute atomic E-state index is 0.781. The molecule has 1 saturated heterocycles. The Morgan fingerprint density at radius 2 is 2.17 bits per heavy atom. The topological polar surface area (TPSA) is 37.6 Å². The molecule has 1 aliphatic rings. The van der Waals surface area contributed by atoms with Crippen LogP contribution in [0.5, 0.6) is 0 Å². The molecule has 0 bridgehead atoms. The van der Waals surface area contributed by atoms with E-state index in [9.17, 15) is 0 Å². The first-order valence-corrected chi connectivity index (χ1v) is 6.75.